The van der Waals surface area contributed by atoms with Crippen molar-refractivity contribution in [2.24, 2.45) is 0 Å². The van der Waals surface area contributed by atoms with Crippen molar-refractivity contribution in [1.29, 1.82) is 5.41 Å². The van der Waals surface area contributed by atoms with E-state index in [1.165, 1.54) is 32.6 Å². The molecule has 228 valence electrons. The second-order valence-electron chi connectivity index (χ2n) is 12.8. The van der Waals surface area contributed by atoms with E-state index in [2.05, 4.69) is 145 Å². The van der Waals surface area contributed by atoms with E-state index in [0.29, 0.717) is 12.4 Å². The smallest absolute Gasteiger partial charge is 0.0926 e. The molecule has 0 spiro atoms. The predicted octanol–water partition coefficient (Wildman–Crippen LogP) is 10.6. The van der Waals surface area contributed by atoms with Crippen molar-refractivity contribution in [3.05, 3.63) is 175 Å². The van der Waals surface area contributed by atoms with Gasteiger partial charge in [0.05, 0.1) is 29.1 Å². The number of allylic oxidation sites excluding steroid dienone is 4. The summed E-state index contributed by atoms with van der Waals surface area (Å²) in [5.74, 6) is 0. The molecule has 4 nitrogen and oxygen atoms in total. The van der Waals surface area contributed by atoms with E-state index in [9.17, 15) is 5.41 Å². The normalized spacial score (nSPS) is 13.7. The zero-order chi connectivity index (χ0) is 32.3. The number of hydrogen-bond acceptors (Lipinski definition) is 2. The zero-order valence-corrected chi connectivity index (χ0v) is 26.7. The Labute approximate surface area is 275 Å². The quantitative estimate of drug-likeness (QED) is 0.166. The first kappa shape index (κ1) is 28.6. The molecule has 0 radical (unpaired) electrons. The fraction of sp³-hybridized carbons (Fsp3) is 0.0930. The highest BCUT2D eigenvalue weighted by molar-refractivity contribution is 6.21. The van der Waals surface area contributed by atoms with Crippen molar-refractivity contribution in [2.75, 3.05) is 5.32 Å². The summed E-state index contributed by atoms with van der Waals surface area (Å²) in [6, 6.07) is 38.2. The van der Waals surface area contributed by atoms with Gasteiger partial charge < -0.3 is 14.5 Å². The van der Waals surface area contributed by atoms with Gasteiger partial charge in [0.25, 0.3) is 0 Å². The minimum absolute atomic E-state index is 0.315. The van der Waals surface area contributed by atoms with Crippen LogP contribution < -0.4 is 5.32 Å². The Kier molecular flexibility index (Phi) is 6.62. The first-order valence-corrected chi connectivity index (χ1v) is 16.0. The van der Waals surface area contributed by atoms with Gasteiger partial charge in [-0.25, -0.2) is 0 Å². The molecule has 0 atom stereocenters. The van der Waals surface area contributed by atoms with E-state index in [-0.39, 0.29) is 5.41 Å². The average molecular weight is 609 g/mol. The minimum atomic E-state index is -0.315. The fourth-order valence-electron chi connectivity index (χ4n) is 7.70. The molecule has 0 saturated heterocycles. The van der Waals surface area contributed by atoms with Gasteiger partial charge in [0.1, 0.15) is 0 Å². The van der Waals surface area contributed by atoms with Crippen LogP contribution in [-0.2, 0) is 12.1 Å². The van der Waals surface area contributed by atoms with Crippen LogP contribution in [0.15, 0.2) is 152 Å². The molecule has 0 unspecified atom stereocenters. The molecule has 0 fully saturated rings. The summed E-state index contributed by atoms with van der Waals surface area (Å²) in [6.45, 7) is 13.2. The second kappa shape index (κ2) is 10.9. The molecule has 0 amide bonds. The molecule has 1 aliphatic carbocycles. The number of hydrogen-bond donors (Lipinski definition) is 2. The van der Waals surface area contributed by atoms with Gasteiger partial charge in [0.2, 0.25) is 0 Å². The van der Waals surface area contributed by atoms with Crippen LogP contribution in [0.1, 0.15) is 36.1 Å². The fourth-order valence-corrected chi connectivity index (χ4v) is 7.70. The van der Waals surface area contributed by atoms with Gasteiger partial charge in [0, 0.05) is 45.4 Å². The SMILES string of the molecule is C=CC1=C(C=C)C(C)(C)c2c(C(=N)c3cn(-c4ccccc4)cc3NCn3c4ccccc4c4c5ccccc5ccc43)cccc21. The summed E-state index contributed by atoms with van der Waals surface area (Å²) in [4.78, 5) is 0. The number of fused-ring (bicyclic) bond motifs is 6. The lowest BCUT2D eigenvalue weighted by atomic mass is 9.77. The molecule has 8 rings (SSSR count). The topological polar surface area (TPSA) is 45.7 Å². The summed E-state index contributed by atoms with van der Waals surface area (Å²) in [5, 5.41) is 18.5. The van der Waals surface area contributed by atoms with E-state index < -0.39 is 0 Å². The van der Waals surface area contributed by atoms with Crippen LogP contribution in [0.25, 0.3) is 43.8 Å². The maximum atomic E-state index is 9.75. The highest BCUT2D eigenvalue weighted by Gasteiger charge is 2.38. The summed E-state index contributed by atoms with van der Waals surface area (Å²) < 4.78 is 4.47. The van der Waals surface area contributed by atoms with Gasteiger partial charge >= 0.3 is 0 Å². The molecule has 7 aromatic rings. The van der Waals surface area contributed by atoms with Crippen molar-refractivity contribution < 1.29 is 0 Å². The Balaban J connectivity index is 1.26. The van der Waals surface area contributed by atoms with Crippen molar-refractivity contribution in [1.82, 2.24) is 9.13 Å². The Morgan fingerprint density at radius 1 is 0.745 bits per heavy atom. The van der Waals surface area contributed by atoms with Crippen LogP contribution >= 0.6 is 0 Å². The molecule has 2 N–H and O–H groups in total. The van der Waals surface area contributed by atoms with E-state index in [4.69, 9.17) is 0 Å². The Hall–Kier alpha value is -5.87. The van der Waals surface area contributed by atoms with Crippen molar-refractivity contribution in [2.45, 2.75) is 25.9 Å². The second-order valence-corrected chi connectivity index (χ2v) is 12.8. The highest BCUT2D eigenvalue weighted by Crippen LogP contribution is 2.49. The molecule has 0 saturated carbocycles. The van der Waals surface area contributed by atoms with Gasteiger partial charge in [0.15, 0.2) is 0 Å². The lowest BCUT2D eigenvalue weighted by molar-refractivity contribution is 0.653. The van der Waals surface area contributed by atoms with E-state index >= 15 is 0 Å². The summed E-state index contributed by atoms with van der Waals surface area (Å²) in [5.41, 5.74) is 10.7. The maximum absolute atomic E-state index is 9.75. The average Bonchev–Trinajstić information content (AvgIpc) is 3.75. The van der Waals surface area contributed by atoms with Crippen LogP contribution in [-0.4, -0.2) is 14.8 Å². The van der Waals surface area contributed by atoms with Gasteiger partial charge in [-0.3, -0.25) is 5.41 Å². The van der Waals surface area contributed by atoms with Crippen molar-refractivity contribution >= 4 is 49.6 Å². The Morgan fingerprint density at radius 2 is 1.49 bits per heavy atom. The number of aromatic nitrogens is 2. The van der Waals surface area contributed by atoms with Gasteiger partial charge in [-0.1, -0.05) is 124 Å². The zero-order valence-electron chi connectivity index (χ0n) is 26.7. The third kappa shape index (κ3) is 4.33. The van der Waals surface area contributed by atoms with E-state index in [1.54, 1.807) is 0 Å². The number of para-hydroxylation sites is 2. The molecule has 0 bridgehead atoms. The van der Waals surface area contributed by atoms with Crippen LogP contribution in [0.4, 0.5) is 5.69 Å². The third-order valence-electron chi connectivity index (χ3n) is 9.86. The summed E-state index contributed by atoms with van der Waals surface area (Å²) in [7, 11) is 0. The van der Waals surface area contributed by atoms with Crippen LogP contribution in [0.2, 0.25) is 0 Å². The molecule has 4 heteroatoms. The number of nitrogens with zero attached hydrogens (tertiary/aromatic N) is 2. The molecule has 1 aliphatic rings. The summed E-state index contributed by atoms with van der Waals surface area (Å²) >= 11 is 0. The van der Waals surface area contributed by atoms with E-state index in [0.717, 1.165) is 44.8 Å². The number of nitrogens with one attached hydrogen (secondary N) is 2. The molecular formula is C43H36N4. The molecule has 2 heterocycles. The molecular weight excluding hydrogens is 573 g/mol. The Bertz CT molecular complexity index is 2430. The molecule has 0 aliphatic heterocycles. The largest absolute Gasteiger partial charge is 0.366 e. The lowest BCUT2D eigenvalue weighted by Gasteiger charge is -2.26. The summed E-state index contributed by atoms with van der Waals surface area (Å²) in [6.07, 6.45) is 8.06. The first-order valence-electron chi connectivity index (χ1n) is 16.0. The lowest BCUT2D eigenvalue weighted by Crippen LogP contribution is -2.21. The van der Waals surface area contributed by atoms with Crippen LogP contribution in [0.3, 0.4) is 0 Å². The van der Waals surface area contributed by atoms with Crippen LogP contribution in [0.5, 0.6) is 0 Å². The third-order valence-corrected chi connectivity index (χ3v) is 9.86. The molecule has 5 aromatic carbocycles. The highest BCUT2D eigenvalue weighted by atomic mass is 15.1. The number of benzene rings is 5. The molecule has 2 aromatic heterocycles. The standard InChI is InChI=1S/C43H36N4/c1-5-30-32-20-14-21-34(41(32)43(3,4)36(30)6-2)42(44)35-25-46(29-16-8-7-9-17-29)26-37(35)45-27-47-38-22-13-12-19-33(38)40-31-18-11-10-15-28(31)23-24-39(40)47/h5-26,44-45H,1-2,27H2,3-4H3. The molecule has 47 heavy (non-hydrogen) atoms. The predicted molar refractivity (Wildman–Crippen MR) is 199 cm³/mol. The van der Waals surface area contributed by atoms with Crippen molar-refractivity contribution in [3.63, 3.8) is 0 Å². The van der Waals surface area contributed by atoms with Gasteiger partial charge in [-0.2, -0.15) is 0 Å². The first-order chi connectivity index (χ1) is 22.9. The van der Waals surface area contributed by atoms with E-state index in [1.807, 2.05) is 30.4 Å². The number of anilines is 1. The number of rotatable bonds is 8. The monoisotopic (exact) mass is 608 g/mol. The van der Waals surface area contributed by atoms with Gasteiger partial charge in [-0.05, 0) is 57.3 Å². The van der Waals surface area contributed by atoms with Crippen LogP contribution in [0, 0.1) is 5.41 Å². The Morgan fingerprint density at radius 3 is 2.28 bits per heavy atom. The van der Waals surface area contributed by atoms with Gasteiger partial charge in [-0.15, -0.1) is 0 Å². The maximum Gasteiger partial charge on any atom is 0.0926 e. The van der Waals surface area contributed by atoms with Crippen molar-refractivity contribution in [3.8, 4) is 5.69 Å². The minimum Gasteiger partial charge on any atom is -0.366 e.